The number of hydrogen-bond donors (Lipinski definition) is 1. The molecule has 3 heterocycles. The van der Waals surface area contributed by atoms with Crippen molar-refractivity contribution in [2.45, 2.75) is 43.8 Å². The van der Waals surface area contributed by atoms with Crippen molar-refractivity contribution in [2.75, 3.05) is 23.8 Å². The fourth-order valence-electron chi connectivity index (χ4n) is 3.07. The van der Waals surface area contributed by atoms with Gasteiger partial charge in [-0.2, -0.15) is 0 Å². The van der Waals surface area contributed by atoms with Crippen molar-refractivity contribution in [1.82, 2.24) is 20.1 Å². The molecular formula is C17H24N4O3S3. The molecule has 1 N–H and O–H groups in total. The Hall–Kier alpha value is -1.39. The number of aromatic amines is 1. The molecule has 7 nitrogen and oxygen atoms in total. The molecule has 3 rings (SSSR count). The lowest BCUT2D eigenvalue weighted by Crippen LogP contribution is -2.42. The van der Waals surface area contributed by atoms with Gasteiger partial charge in [-0.25, -0.2) is 13.4 Å². The Bertz CT molecular complexity index is 849. The van der Waals surface area contributed by atoms with Crippen LogP contribution in [0.2, 0.25) is 0 Å². The number of nitrogens with zero attached hydrogens (tertiary/aromatic N) is 3. The molecule has 0 spiro atoms. The molecule has 0 bridgehead atoms. The Morgan fingerprint density at radius 1 is 1.48 bits per heavy atom. The molecule has 0 aromatic carbocycles. The van der Waals surface area contributed by atoms with Crippen molar-refractivity contribution in [3.8, 4) is 0 Å². The lowest BCUT2D eigenvalue weighted by atomic mass is 10.2. The molecule has 1 aliphatic rings. The second-order valence-electron chi connectivity index (χ2n) is 6.61. The number of carbonyl (C=O) groups is 1. The molecule has 10 heteroatoms. The van der Waals surface area contributed by atoms with E-state index in [0.29, 0.717) is 24.5 Å². The molecule has 0 saturated carbocycles. The highest BCUT2D eigenvalue weighted by Crippen LogP contribution is 2.21. The third-order valence-corrected chi connectivity index (χ3v) is 7.94. The third-order valence-electron chi connectivity index (χ3n) is 4.48. The van der Waals surface area contributed by atoms with Gasteiger partial charge in [0.15, 0.2) is 9.84 Å². The summed E-state index contributed by atoms with van der Waals surface area (Å²) < 4.78 is 23.6. The van der Waals surface area contributed by atoms with Crippen LogP contribution in [0.4, 0.5) is 0 Å². The molecule has 0 radical (unpaired) electrons. The van der Waals surface area contributed by atoms with E-state index in [4.69, 9.17) is 0 Å². The van der Waals surface area contributed by atoms with Crippen LogP contribution in [0.3, 0.4) is 0 Å². The maximum absolute atomic E-state index is 12.7. The van der Waals surface area contributed by atoms with Crippen LogP contribution in [-0.2, 0) is 21.1 Å². The average Bonchev–Trinajstić information content (AvgIpc) is 3.36. The van der Waals surface area contributed by atoms with Crippen LogP contribution < -0.4 is 0 Å². The molecule has 1 amide bonds. The van der Waals surface area contributed by atoms with Crippen LogP contribution in [-0.4, -0.2) is 64.3 Å². The molecular weight excluding hydrogens is 404 g/mol. The van der Waals surface area contributed by atoms with Crippen molar-refractivity contribution in [1.29, 1.82) is 0 Å². The number of sulfone groups is 1. The fourth-order valence-corrected chi connectivity index (χ4v) is 6.21. The van der Waals surface area contributed by atoms with Crippen LogP contribution in [0.1, 0.15) is 36.9 Å². The Balaban J connectivity index is 1.56. The fraction of sp³-hybridized carbons (Fsp3) is 0.588. The first-order chi connectivity index (χ1) is 13.0. The predicted octanol–water partition coefficient (Wildman–Crippen LogP) is 2.36. The summed E-state index contributed by atoms with van der Waals surface area (Å²) in [5, 5.41) is 9.66. The standard InChI is InChI=1S/C17H24N4O3S3/c1-2-3-7-21(13-6-9-27(23,24)12-13)16(22)11-26-17-18-15(19-20-17)10-14-5-4-8-25-14/h4-5,8,13H,2-3,6-7,9-12H2,1H3,(H,18,19,20). The zero-order valence-electron chi connectivity index (χ0n) is 15.3. The quantitative estimate of drug-likeness (QED) is 0.616. The van der Waals surface area contributed by atoms with Crippen molar-refractivity contribution in [2.24, 2.45) is 0 Å². The number of carbonyl (C=O) groups excluding carboxylic acids is 1. The Morgan fingerprint density at radius 2 is 2.33 bits per heavy atom. The minimum Gasteiger partial charge on any atom is -0.338 e. The van der Waals surface area contributed by atoms with E-state index in [1.165, 1.54) is 16.6 Å². The molecule has 27 heavy (non-hydrogen) atoms. The summed E-state index contributed by atoms with van der Waals surface area (Å²) in [6.45, 7) is 2.67. The summed E-state index contributed by atoms with van der Waals surface area (Å²) in [6.07, 6.45) is 3.07. The van der Waals surface area contributed by atoms with Crippen molar-refractivity contribution >= 4 is 38.8 Å². The van der Waals surface area contributed by atoms with E-state index < -0.39 is 9.84 Å². The molecule has 2 aromatic heterocycles. The van der Waals surface area contributed by atoms with E-state index in [2.05, 4.69) is 22.1 Å². The molecule has 0 aliphatic carbocycles. The largest absolute Gasteiger partial charge is 0.338 e. The van der Waals surface area contributed by atoms with Gasteiger partial charge in [0.1, 0.15) is 5.82 Å². The average molecular weight is 429 g/mol. The minimum atomic E-state index is -3.02. The number of thioether (sulfide) groups is 1. The SMILES string of the molecule is CCCCN(C(=O)CSc1n[nH]c(Cc2cccs2)n1)C1CCS(=O)(=O)C1. The van der Waals surface area contributed by atoms with E-state index in [-0.39, 0.29) is 29.2 Å². The number of H-pyrrole nitrogens is 1. The number of nitrogens with one attached hydrogen (secondary N) is 1. The van der Waals surface area contributed by atoms with Gasteiger partial charge in [0.2, 0.25) is 11.1 Å². The van der Waals surface area contributed by atoms with Gasteiger partial charge in [-0.05, 0) is 24.3 Å². The summed E-state index contributed by atoms with van der Waals surface area (Å²) in [5.74, 6) is 1.21. The van der Waals surface area contributed by atoms with Crippen LogP contribution in [0.25, 0.3) is 0 Å². The van der Waals surface area contributed by atoms with Gasteiger partial charge < -0.3 is 4.90 Å². The Labute approximate surface area is 167 Å². The van der Waals surface area contributed by atoms with E-state index in [0.717, 1.165) is 18.7 Å². The van der Waals surface area contributed by atoms with Gasteiger partial charge in [0.05, 0.1) is 17.3 Å². The second-order valence-corrected chi connectivity index (χ2v) is 10.8. The smallest absolute Gasteiger partial charge is 0.233 e. The Kier molecular flexibility index (Phi) is 6.93. The highest BCUT2D eigenvalue weighted by atomic mass is 32.2. The first-order valence-electron chi connectivity index (χ1n) is 9.03. The number of hydrogen-bond acceptors (Lipinski definition) is 7. The van der Waals surface area contributed by atoms with Crippen molar-refractivity contribution in [3.63, 3.8) is 0 Å². The highest BCUT2D eigenvalue weighted by Gasteiger charge is 2.34. The van der Waals surface area contributed by atoms with Gasteiger partial charge in [0, 0.05) is 23.9 Å². The number of thiophene rings is 1. The van der Waals surface area contributed by atoms with Crippen LogP contribution in [0, 0.1) is 0 Å². The summed E-state index contributed by atoms with van der Waals surface area (Å²) in [4.78, 5) is 20.1. The molecule has 1 unspecified atom stereocenters. The number of unbranched alkanes of at least 4 members (excludes halogenated alkanes) is 1. The molecule has 1 fully saturated rings. The molecule has 1 atom stereocenters. The topological polar surface area (TPSA) is 96.0 Å². The molecule has 148 valence electrons. The lowest BCUT2D eigenvalue weighted by molar-refractivity contribution is -0.130. The van der Waals surface area contributed by atoms with Gasteiger partial charge in [-0.1, -0.05) is 31.2 Å². The number of amides is 1. The molecule has 1 aliphatic heterocycles. The van der Waals surface area contributed by atoms with E-state index in [1.54, 1.807) is 16.2 Å². The van der Waals surface area contributed by atoms with Gasteiger partial charge in [-0.15, -0.1) is 16.4 Å². The van der Waals surface area contributed by atoms with Crippen LogP contribution in [0.5, 0.6) is 0 Å². The minimum absolute atomic E-state index is 0.0415. The zero-order valence-corrected chi connectivity index (χ0v) is 17.7. The van der Waals surface area contributed by atoms with Crippen LogP contribution >= 0.6 is 23.1 Å². The zero-order chi connectivity index (χ0) is 19.3. The predicted molar refractivity (Wildman–Crippen MR) is 108 cm³/mol. The third kappa shape index (κ3) is 5.79. The summed E-state index contributed by atoms with van der Waals surface area (Å²) in [7, 11) is -3.02. The molecule has 1 saturated heterocycles. The molecule has 2 aromatic rings. The maximum Gasteiger partial charge on any atom is 0.233 e. The summed E-state index contributed by atoms with van der Waals surface area (Å²) in [5.41, 5.74) is 0. The van der Waals surface area contributed by atoms with Gasteiger partial charge in [-0.3, -0.25) is 9.89 Å². The monoisotopic (exact) mass is 428 g/mol. The van der Waals surface area contributed by atoms with Crippen LogP contribution in [0.15, 0.2) is 22.7 Å². The van der Waals surface area contributed by atoms with E-state index in [1.807, 2.05) is 17.5 Å². The summed E-state index contributed by atoms with van der Waals surface area (Å²) >= 11 is 2.96. The van der Waals surface area contributed by atoms with E-state index in [9.17, 15) is 13.2 Å². The van der Waals surface area contributed by atoms with Gasteiger partial charge >= 0.3 is 0 Å². The number of aromatic nitrogens is 3. The first-order valence-corrected chi connectivity index (χ1v) is 12.7. The summed E-state index contributed by atoms with van der Waals surface area (Å²) in [6, 6.07) is 3.85. The van der Waals surface area contributed by atoms with E-state index >= 15 is 0 Å². The highest BCUT2D eigenvalue weighted by molar-refractivity contribution is 7.99. The normalized spacial score (nSPS) is 18.6. The van der Waals surface area contributed by atoms with Gasteiger partial charge in [0.25, 0.3) is 0 Å². The van der Waals surface area contributed by atoms with Crippen molar-refractivity contribution in [3.05, 3.63) is 28.2 Å². The lowest BCUT2D eigenvalue weighted by Gasteiger charge is -2.28. The Morgan fingerprint density at radius 3 is 3.00 bits per heavy atom. The van der Waals surface area contributed by atoms with Crippen molar-refractivity contribution < 1.29 is 13.2 Å². The first kappa shape index (κ1) is 20.3. The second kappa shape index (κ2) is 9.20. The number of rotatable bonds is 9. The maximum atomic E-state index is 12.7.